The number of halogens is 9. The van der Waals surface area contributed by atoms with Crippen LogP contribution in [0.2, 0.25) is 0 Å². The SMILES string of the molecule is Cc1cc2[nH]ncc2c(-c2nc3c4c(nc(OC[C@@]56CCCN5C[C@H](F)C6)nc4c2F)N([C@H](C)c2cc(F)cnc2N)[C@@H](C)CO3)c1C(F)(F)F.O=C(O)C(F)(F)F. The maximum atomic E-state index is 17.2. The van der Waals surface area contributed by atoms with Crippen LogP contribution in [0.3, 0.4) is 0 Å². The summed E-state index contributed by atoms with van der Waals surface area (Å²) in [5, 5.41) is 13.7. The van der Waals surface area contributed by atoms with E-state index in [1.165, 1.54) is 25.3 Å². The molecule has 310 valence electrons. The summed E-state index contributed by atoms with van der Waals surface area (Å²) in [7, 11) is 0. The predicted octanol–water partition coefficient (Wildman–Crippen LogP) is 7.09. The number of nitrogen functional groups attached to an aromatic ring is 1. The number of H-pyrrole nitrogens is 1. The number of carboxylic acid groups (broad SMARTS) is 1. The number of aliphatic carboxylic acids is 1. The molecule has 3 aliphatic heterocycles. The lowest BCUT2D eigenvalue weighted by molar-refractivity contribution is -0.192. The third-order valence-electron chi connectivity index (χ3n) is 10.6. The fourth-order valence-corrected chi connectivity index (χ4v) is 8.11. The van der Waals surface area contributed by atoms with Gasteiger partial charge in [-0.3, -0.25) is 10.00 Å². The van der Waals surface area contributed by atoms with Crippen LogP contribution in [0.5, 0.6) is 11.9 Å². The summed E-state index contributed by atoms with van der Waals surface area (Å²) in [6.45, 7) is 5.67. The van der Waals surface area contributed by atoms with Crippen LogP contribution in [0.25, 0.3) is 33.1 Å². The maximum absolute atomic E-state index is 17.2. The average molecular weight is 828 g/mol. The van der Waals surface area contributed by atoms with Crippen molar-refractivity contribution >= 4 is 39.4 Å². The van der Waals surface area contributed by atoms with Crippen LogP contribution < -0.4 is 20.1 Å². The summed E-state index contributed by atoms with van der Waals surface area (Å²) < 4.78 is 134. The minimum absolute atomic E-state index is 0.00109. The second-order valence-corrected chi connectivity index (χ2v) is 14.4. The third kappa shape index (κ3) is 7.21. The topological polar surface area (TPSA) is 168 Å². The van der Waals surface area contributed by atoms with Crippen molar-refractivity contribution in [3.63, 3.8) is 0 Å². The van der Waals surface area contributed by atoms with E-state index >= 15 is 4.39 Å². The lowest BCUT2D eigenvalue weighted by atomic mass is 9.94. The van der Waals surface area contributed by atoms with Gasteiger partial charge in [-0.2, -0.15) is 41.4 Å². The van der Waals surface area contributed by atoms with Gasteiger partial charge in [0.25, 0.3) is 0 Å². The van der Waals surface area contributed by atoms with E-state index in [0.29, 0.717) is 18.5 Å². The van der Waals surface area contributed by atoms with E-state index in [4.69, 9.17) is 30.1 Å². The molecule has 0 amide bonds. The molecule has 2 fully saturated rings. The highest BCUT2D eigenvalue weighted by Crippen LogP contribution is 2.48. The molecule has 3 aliphatic rings. The number of nitrogens with one attached hydrogen (secondary N) is 1. The van der Waals surface area contributed by atoms with Gasteiger partial charge in [0.15, 0.2) is 5.82 Å². The van der Waals surface area contributed by atoms with Crippen molar-refractivity contribution in [3.05, 3.63) is 52.9 Å². The molecular formula is C36H34F9N9O4. The lowest BCUT2D eigenvalue weighted by Gasteiger charge is -2.35. The van der Waals surface area contributed by atoms with Crippen molar-refractivity contribution in [2.45, 2.75) is 76.2 Å². The van der Waals surface area contributed by atoms with E-state index < -0.39 is 76.1 Å². The van der Waals surface area contributed by atoms with Crippen molar-refractivity contribution in [2.75, 3.05) is 36.9 Å². The van der Waals surface area contributed by atoms with E-state index in [1.807, 2.05) is 4.90 Å². The van der Waals surface area contributed by atoms with Crippen LogP contribution in [0.4, 0.5) is 51.1 Å². The highest BCUT2D eigenvalue weighted by molar-refractivity contribution is 6.02. The van der Waals surface area contributed by atoms with Gasteiger partial charge < -0.3 is 25.2 Å². The average Bonchev–Trinajstić information content (AvgIpc) is 3.82. The summed E-state index contributed by atoms with van der Waals surface area (Å²) in [5.74, 6) is -4.65. The molecule has 7 heterocycles. The first-order valence-corrected chi connectivity index (χ1v) is 17.8. The molecule has 0 aliphatic carbocycles. The van der Waals surface area contributed by atoms with Crippen LogP contribution >= 0.6 is 0 Å². The smallest absolute Gasteiger partial charge is 0.475 e. The highest BCUT2D eigenvalue weighted by Gasteiger charge is 2.50. The van der Waals surface area contributed by atoms with Crippen LogP contribution in [0.15, 0.2) is 24.5 Å². The summed E-state index contributed by atoms with van der Waals surface area (Å²) in [6, 6.07) is 0.962. The molecular weight excluding hydrogens is 793 g/mol. The Balaban J connectivity index is 0.000000672. The number of nitrogens with two attached hydrogens (primary N) is 1. The number of hydrogen-bond acceptors (Lipinski definition) is 11. The summed E-state index contributed by atoms with van der Waals surface area (Å²) in [5.41, 5.74) is 3.27. The first kappa shape index (κ1) is 40.5. The van der Waals surface area contributed by atoms with Crippen LogP contribution in [0, 0.1) is 18.6 Å². The Morgan fingerprint density at radius 3 is 2.57 bits per heavy atom. The number of aromatic amines is 1. The summed E-state index contributed by atoms with van der Waals surface area (Å²) in [4.78, 5) is 30.1. The molecule has 0 spiro atoms. The van der Waals surface area contributed by atoms with Gasteiger partial charge in [-0.15, -0.1) is 0 Å². The standard InChI is InChI=1S/C34H33F6N9O2.C2HF3O2/c1-15-7-22-21(11-43-47-22)23(25(15)34(38,39)40)27-26(37)28-24-30(46-32(45-28)51-14-33-5-4-6-48(33)12-19(36)9-33)49(16(2)13-50-31(24)44-27)17(3)20-8-18(35)10-42-29(20)41;3-2(4,5)1(6)7/h7-8,10-11,16-17,19H,4-6,9,12-14H2,1-3H3,(H2,41,42)(H,43,47);(H,6,7)/t16-,17+,19+,33-;/m0./s1. The van der Waals surface area contributed by atoms with Crippen molar-refractivity contribution in [3.8, 4) is 23.1 Å². The second kappa shape index (κ2) is 14.6. The monoisotopic (exact) mass is 827 g/mol. The Bertz CT molecular complexity index is 2410. The molecule has 58 heavy (non-hydrogen) atoms. The van der Waals surface area contributed by atoms with Crippen LogP contribution in [-0.4, -0.2) is 96.3 Å². The maximum Gasteiger partial charge on any atom is 0.490 e. The first-order valence-electron chi connectivity index (χ1n) is 17.8. The minimum Gasteiger partial charge on any atom is -0.475 e. The second-order valence-electron chi connectivity index (χ2n) is 14.4. The molecule has 1 aromatic carbocycles. The number of anilines is 2. The van der Waals surface area contributed by atoms with E-state index in [9.17, 15) is 35.1 Å². The molecule has 8 rings (SSSR count). The number of fused-ring (bicyclic) bond motifs is 2. The number of carbonyl (C=O) groups is 1. The zero-order valence-electron chi connectivity index (χ0n) is 30.8. The molecule has 0 saturated carbocycles. The number of carboxylic acids is 1. The fourth-order valence-electron chi connectivity index (χ4n) is 8.11. The van der Waals surface area contributed by atoms with Gasteiger partial charge in [0.05, 0.1) is 41.1 Å². The first-order chi connectivity index (χ1) is 27.2. The number of aromatic nitrogens is 6. The number of rotatable bonds is 6. The van der Waals surface area contributed by atoms with Crippen LogP contribution in [-0.2, 0) is 11.0 Å². The quantitative estimate of drug-likeness (QED) is 0.149. The van der Waals surface area contributed by atoms with Gasteiger partial charge in [0.1, 0.15) is 53.4 Å². The van der Waals surface area contributed by atoms with Crippen molar-refractivity contribution in [2.24, 2.45) is 0 Å². The molecule has 0 bridgehead atoms. The van der Waals surface area contributed by atoms with Gasteiger partial charge in [0.2, 0.25) is 5.88 Å². The number of benzene rings is 1. The van der Waals surface area contributed by atoms with E-state index in [-0.39, 0.29) is 71.6 Å². The van der Waals surface area contributed by atoms with Crippen molar-refractivity contribution < 1.29 is 58.9 Å². The Morgan fingerprint density at radius 1 is 1.16 bits per heavy atom. The number of pyridine rings is 2. The van der Waals surface area contributed by atoms with Gasteiger partial charge in [-0.05, 0) is 57.9 Å². The minimum atomic E-state index is -5.08. The molecule has 4 N–H and O–H groups in total. The van der Waals surface area contributed by atoms with E-state index in [2.05, 4.69) is 25.1 Å². The Kier molecular flexibility index (Phi) is 10.2. The number of alkyl halides is 7. The predicted molar refractivity (Wildman–Crippen MR) is 189 cm³/mol. The summed E-state index contributed by atoms with van der Waals surface area (Å²) in [6.07, 6.45) is -7.09. The normalized spacial score (nSPS) is 21.3. The Morgan fingerprint density at radius 2 is 1.88 bits per heavy atom. The van der Waals surface area contributed by atoms with Gasteiger partial charge >= 0.3 is 24.3 Å². The third-order valence-corrected chi connectivity index (χ3v) is 10.6. The zero-order valence-corrected chi connectivity index (χ0v) is 30.8. The molecule has 0 unspecified atom stereocenters. The summed E-state index contributed by atoms with van der Waals surface area (Å²) >= 11 is 0. The molecule has 0 radical (unpaired) electrons. The number of ether oxygens (including phenoxy) is 2. The molecule has 2 saturated heterocycles. The molecule has 4 aromatic heterocycles. The number of nitrogens with zero attached hydrogens (tertiary/aromatic N) is 7. The van der Waals surface area contributed by atoms with Gasteiger partial charge in [-0.1, -0.05) is 0 Å². The van der Waals surface area contributed by atoms with Gasteiger partial charge in [-0.25, -0.2) is 27.9 Å². The fraction of sp³-hybridized carbons (Fsp3) is 0.444. The molecule has 5 aromatic rings. The van der Waals surface area contributed by atoms with Crippen LogP contribution in [0.1, 0.15) is 55.8 Å². The van der Waals surface area contributed by atoms with Gasteiger partial charge in [0, 0.05) is 29.5 Å². The van der Waals surface area contributed by atoms with Crippen molar-refractivity contribution in [1.82, 2.24) is 35.0 Å². The zero-order chi connectivity index (χ0) is 42.1. The van der Waals surface area contributed by atoms with Crippen molar-refractivity contribution in [1.29, 1.82) is 0 Å². The Labute approximate surface area is 322 Å². The molecule has 22 heteroatoms. The number of aryl methyl sites for hydroxylation is 1. The van der Waals surface area contributed by atoms with E-state index in [1.54, 1.807) is 18.7 Å². The molecule has 13 nitrogen and oxygen atoms in total. The highest BCUT2D eigenvalue weighted by atomic mass is 19.4. The molecule has 4 atom stereocenters. The number of hydrogen-bond donors (Lipinski definition) is 3. The largest absolute Gasteiger partial charge is 0.490 e. The lowest BCUT2D eigenvalue weighted by Crippen LogP contribution is -2.43. The Hall–Kier alpha value is -5.67. The van der Waals surface area contributed by atoms with E-state index in [0.717, 1.165) is 12.6 Å².